The van der Waals surface area contributed by atoms with E-state index in [2.05, 4.69) is 6.92 Å². The zero-order chi connectivity index (χ0) is 15.3. The lowest BCUT2D eigenvalue weighted by Crippen LogP contribution is -1.92. The van der Waals surface area contributed by atoms with Gasteiger partial charge in [0.1, 0.15) is 12.0 Å². The van der Waals surface area contributed by atoms with Crippen molar-refractivity contribution in [2.24, 2.45) is 0 Å². The van der Waals surface area contributed by atoms with Gasteiger partial charge in [0.15, 0.2) is 0 Å². The fraction of sp³-hybridized carbons (Fsp3) is 0.722. The van der Waals surface area contributed by atoms with Crippen LogP contribution in [0.1, 0.15) is 93.7 Å². The maximum absolute atomic E-state index is 10.7. The highest BCUT2D eigenvalue weighted by molar-refractivity contribution is 5.87. The molecule has 0 aromatic carbocycles. The van der Waals surface area contributed by atoms with Crippen molar-refractivity contribution in [2.45, 2.75) is 84.0 Å². The van der Waals surface area contributed by atoms with E-state index < -0.39 is 5.97 Å². The van der Waals surface area contributed by atoms with Gasteiger partial charge in [0, 0.05) is 6.42 Å². The Morgan fingerprint density at radius 2 is 1.48 bits per heavy atom. The second kappa shape index (κ2) is 11.4. The first-order chi connectivity index (χ1) is 10.2. The highest BCUT2D eigenvalue weighted by Crippen LogP contribution is 2.14. The predicted octanol–water partition coefficient (Wildman–Crippen LogP) is 5.83. The Kier molecular flexibility index (Phi) is 9.68. The van der Waals surface area contributed by atoms with Gasteiger partial charge < -0.3 is 9.52 Å². The molecule has 0 radical (unpaired) electrons. The van der Waals surface area contributed by atoms with Gasteiger partial charge in [-0.3, -0.25) is 0 Å². The minimum atomic E-state index is -0.913. The highest BCUT2D eigenvalue weighted by Gasteiger charge is 2.07. The second-order valence-electron chi connectivity index (χ2n) is 5.89. The summed E-state index contributed by atoms with van der Waals surface area (Å²) in [5.41, 5.74) is 0.257. The van der Waals surface area contributed by atoms with Crippen molar-refractivity contribution in [3.8, 4) is 0 Å². The van der Waals surface area contributed by atoms with Crippen LogP contribution < -0.4 is 0 Å². The predicted molar refractivity (Wildman–Crippen MR) is 85.8 cm³/mol. The summed E-state index contributed by atoms with van der Waals surface area (Å²) in [7, 11) is 0. The van der Waals surface area contributed by atoms with E-state index in [0.29, 0.717) is 0 Å². The molecule has 0 unspecified atom stereocenters. The monoisotopic (exact) mass is 294 g/mol. The normalized spacial score (nSPS) is 10.9. The second-order valence-corrected chi connectivity index (χ2v) is 5.89. The van der Waals surface area contributed by atoms with Gasteiger partial charge in [0.25, 0.3) is 0 Å². The first-order valence-electron chi connectivity index (χ1n) is 8.54. The fourth-order valence-electron chi connectivity index (χ4n) is 2.59. The van der Waals surface area contributed by atoms with E-state index in [0.717, 1.165) is 18.6 Å². The number of carboxylic acids is 1. The topological polar surface area (TPSA) is 50.4 Å². The number of carbonyl (C=O) groups is 1. The molecule has 0 fully saturated rings. The maximum Gasteiger partial charge on any atom is 0.338 e. The van der Waals surface area contributed by atoms with Crippen molar-refractivity contribution in [3.63, 3.8) is 0 Å². The molecule has 0 aliphatic heterocycles. The molecule has 0 saturated heterocycles. The van der Waals surface area contributed by atoms with Gasteiger partial charge >= 0.3 is 5.97 Å². The van der Waals surface area contributed by atoms with Gasteiger partial charge in [-0.1, -0.05) is 71.1 Å². The quantitative estimate of drug-likeness (QED) is 0.465. The lowest BCUT2D eigenvalue weighted by Gasteiger charge is -2.02. The SMILES string of the molecule is CCCCCCCCCCCCCc1cc(C(=O)O)co1. The van der Waals surface area contributed by atoms with Crippen LogP contribution in [0.25, 0.3) is 0 Å². The molecule has 0 aliphatic rings. The van der Waals surface area contributed by atoms with Crippen LogP contribution in [0, 0.1) is 0 Å². The van der Waals surface area contributed by atoms with E-state index in [1.807, 2.05) is 0 Å². The molecule has 0 aliphatic carbocycles. The van der Waals surface area contributed by atoms with Crippen molar-refractivity contribution in [3.05, 3.63) is 23.7 Å². The molecule has 1 N–H and O–H groups in total. The molecule has 1 rings (SSSR count). The lowest BCUT2D eigenvalue weighted by molar-refractivity contribution is 0.0696. The molecule has 0 amide bonds. The largest absolute Gasteiger partial charge is 0.478 e. The molecule has 1 aromatic rings. The molecule has 3 heteroatoms. The van der Waals surface area contributed by atoms with Crippen LogP contribution in [0.15, 0.2) is 16.7 Å². The minimum absolute atomic E-state index is 0.257. The highest BCUT2D eigenvalue weighted by atomic mass is 16.4. The number of aromatic carboxylic acids is 1. The summed E-state index contributed by atoms with van der Waals surface area (Å²) < 4.78 is 5.24. The summed E-state index contributed by atoms with van der Waals surface area (Å²) >= 11 is 0. The molecule has 0 saturated carbocycles. The zero-order valence-electron chi connectivity index (χ0n) is 13.4. The average Bonchev–Trinajstić information content (AvgIpc) is 2.94. The molecule has 1 aromatic heterocycles. The van der Waals surface area contributed by atoms with Crippen molar-refractivity contribution in [1.82, 2.24) is 0 Å². The van der Waals surface area contributed by atoms with Gasteiger partial charge in [0.2, 0.25) is 0 Å². The molecule has 0 spiro atoms. The number of hydrogen-bond acceptors (Lipinski definition) is 2. The Morgan fingerprint density at radius 1 is 0.952 bits per heavy atom. The summed E-state index contributed by atoms with van der Waals surface area (Å²) in [6.45, 7) is 2.26. The van der Waals surface area contributed by atoms with Crippen molar-refractivity contribution in [1.29, 1.82) is 0 Å². The Balaban J connectivity index is 1.89. The van der Waals surface area contributed by atoms with E-state index in [4.69, 9.17) is 9.52 Å². The summed E-state index contributed by atoms with van der Waals surface area (Å²) in [4.78, 5) is 10.7. The number of carboxylic acid groups (broad SMARTS) is 1. The van der Waals surface area contributed by atoms with E-state index in [1.165, 1.54) is 70.5 Å². The van der Waals surface area contributed by atoms with E-state index >= 15 is 0 Å². The number of unbranched alkanes of at least 4 members (excludes halogenated alkanes) is 10. The molecule has 3 nitrogen and oxygen atoms in total. The third-order valence-corrected chi connectivity index (χ3v) is 3.93. The third-order valence-electron chi connectivity index (χ3n) is 3.93. The van der Waals surface area contributed by atoms with Crippen molar-refractivity contribution in [2.75, 3.05) is 0 Å². The molecule has 120 valence electrons. The molecule has 0 bridgehead atoms. The van der Waals surface area contributed by atoms with Gasteiger partial charge in [0.05, 0.1) is 5.56 Å². The summed E-state index contributed by atoms with van der Waals surface area (Å²) in [5.74, 6) is -0.118. The number of furan rings is 1. The van der Waals surface area contributed by atoms with Crippen LogP contribution in [0.5, 0.6) is 0 Å². The first kappa shape index (κ1) is 17.8. The Labute approximate surface area is 128 Å². The Bertz CT molecular complexity index is 382. The number of hydrogen-bond donors (Lipinski definition) is 1. The van der Waals surface area contributed by atoms with Gasteiger partial charge in [-0.05, 0) is 12.5 Å². The van der Waals surface area contributed by atoms with Crippen molar-refractivity contribution >= 4 is 5.97 Å². The smallest absolute Gasteiger partial charge is 0.338 e. The molecule has 1 heterocycles. The third kappa shape index (κ3) is 8.59. The maximum atomic E-state index is 10.7. The van der Waals surface area contributed by atoms with Crippen LogP contribution in [0.3, 0.4) is 0 Å². The van der Waals surface area contributed by atoms with Crippen molar-refractivity contribution < 1.29 is 14.3 Å². The van der Waals surface area contributed by atoms with Crippen LogP contribution in [0.2, 0.25) is 0 Å². The Morgan fingerprint density at radius 3 is 1.95 bits per heavy atom. The Hall–Kier alpha value is -1.25. The number of aryl methyl sites for hydroxylation is 1. The van der Waals surface area contributed by atoms with Crippen LogP contribution >= 0.6 is 0 Å². The van der Waals surface area contributed by atoms with Crippen LogP contribution in [-0.4, -0.2) is 11.1 Å². The summed E-state index contributed by atoms with van der Waals surface area (Å²) in [6.07, 6.45) is 16.7. The van der Waals surface area contributed by atoms with Gasteiger partial charge in [-0.25, -0.2) is 4.79 Å². The van der Waals surface area contributed by atoms with Gasteiger partial charge in [-0.15, -0.1) is 0 Å². The van der Waals surface area contributed by atoms with Crippen LogP contribution in [0.4, 0.5) is 0 Å². The lowest BCUT2D eigenvalue weighted by atomic mass is 10.0. The molecule has 0 atom stereocenters. The zero-order valence-corrected chi connectivity index (χ0v) is 13.4. The first-order valence-corrected chi connectivity index (χ1v) is 8.54. The molecular formula is C18H30O3. The molecular weight excluding hydrogens is 264 g/mol. The minimum Gasteiger partial charge on any atom is -0.478 e. The molecule has 21 heavy (non-hydrogen) atoms. The average molecular weight is 294 g/mol. The van der Waals surface area contributed by atoms with E-state index in [-0.39, 0.29) is 5.56 Å². The summed E-state index contributed by atoms with van der Waals surface area (Å²) in [5, 5.41) is 8.80. The summed E-state index contributed by atoms with van der Waals surface area (Å²) in [6, 6.07) is 1.64. The van der Waals surface area contributed by atoms with Gasteiger partial charge in [-0.2, -0.15) is 0 Å². The van der Waals surface area contributed by atoms with Crippen LogP contribution in [-0.2, 0) is 6.42 Å². The van der Waals surface area contributed by atoms with E-state index in [1.54, 1.807) is 6.07 Å². The number of rotatable bonds is 13. The standard InChI is InChI=1S/C18H30O3/c1-2-3-4-5-6-7-8-9-10-11-12-13-17-14-16(15-21-17)18(19)20/h14-15H,2-13H2,1H3,(H,19,20). The fourth-order valence-corrected chi connectivity index (χ4v) is 2.59. The van der Waals surface area contributed by atoms with E-state index in [9.17, 15) is 4.79 Å².